The number of nitrogens with one attached hydrogen (secondary N) is 2. The number of ketones is 1. The molecule has 0 spiro atoms. The van der Waals surface area contributed by atoms with E-state index in [-0.39, 0.29) is 23.1 Å². The first-order chi connectivity index (χ1) is 12.4. The smallest absolute Gasteiger partial charge is 0.271 e. The number of nitro benzene ring substituents is 1. The van der Waals surface area contributed by atoms with Crippen LogP contribution in [0.25, 0.3) is 11.0 Å². The second kappa shape index (κ2) is 7.36. The number of hydrogen-bond donors (Lipinski definition) is 2. The molecule has 0 bridgehead atoms. The highest BCUT2D eigenvalue weighted by Gasteiger charge is 2.11. The first-order valence-electron chi connectivity index (χ1n) is 7.60. The number of amides is 1. The fourth-order valence-electron chi connectivity index (χ4n) is 2.28. The van der Waals surface area contributed by atoms with Crippen molar-refractivity contribution in [2.75, 3.05) is 11.1 Å². The molecule has 8 nitrogen and oxygen atoms in total. The van der Waals surface area contributed by atoms with Gasteiger partial charge in [0.2, 0.25) is 5.91 Å². The Morgan fingerprint density at radius 1 is 1.23 bits per heavy atom. The predicted molar refractivity (Wildman–Crippen MR) is 98.5 cm³/mol. The zero-order valence-electron chi connectivity index (χ0n) is 13.7. The van der Waals surface area contributed by atoms with Crippen molar-refractivity contribution in [1.29, 1.82) is 0 Å². The van der Waals surface area contributed by atoms with Crippen LogP contribution in [0.15, 0.2) is 47.6 Å². The molecule has 0 unspecified atom stereocenters. The Morgan fingerprint density at radius 2 is 1.96 bits per heavy atom. The molecule has 3 aromatic rings. The lowest BCUT2D eigenvalue weighted by atomic mass is 10.1. The third-order valence-electron chi connectivity index (χ3n) is 3.57. The van der Waals surface area contributed by atoms with Crippen molar-refractivity contribution in [3.63, 3.8) is 0 Å². The number of nitrogens with zero attached hydrogens (tertiary/aromatic N) is 2. The summed E-state index contributed by atoms with van der Waals surface area (Å²) in [6.45, 7) is 1.48. The number of hydrogen-bond acceptors (Lipinski definition) is 6. The van der Waals surface area contributed by atoms with Crippen molar-refractivity contribution >= 4 is 45.9 Å². The Labute approximate surface area is 152 Å². The van der Waals surface area contributed by atoms with Gasteiger partial charge in [0.15, 0.2) is 10.9 Å². The predicted octanol–water partition coefficient (Wildman–Crippen LogP) is 3.40. The van der Waals surface area contributed by atoms with E-state index >= 15 is 0 Å². The lowest BCUT2D eigenvalue weighted by Crippen LogP contribution is -2.14. The molecule has 0 aliphatic heterocycles. The van der Waals surface area contributed by atoms with Crippen molar-refractivity contribution in [2.45, 2.75) is 12.1 Å². The number of aromatic nitrogens is 2. The van der Waals surface area contributed by atoms with E-state index in [1.54, 1.807) is 30.3 Å². The number of carbonyl (C=O) groups excluding carboxylic acids is 2. The molecule has 132 valence electrons. The summed E-state index contributed by atoms with van der Waals surface area (Å²) in [5, 5.41) is 14.0. The Morgan fingerprint density at radius 3 is 2.62 bits per heavy atom. The van der Waals surface area contributed by atoms with Gasteiger partial charge in [0, 0.05) is 23.4 Å². The molecule has 0 saturated carbocycles. The van der Waals surface area contributed by atoms with Crippen LogP contribution in [-0.4, -0.2) is 32.3 Å². The van der Waals surface area contributed by atoms with E-state index in [1.165, 1.54) is 30.8 Å². The SMILES string of the molecule is CC(=O)c1ccc(NC(=O)CSc2nc3ccc([N+](=O)[O-])cc3[nH]2)cc1. The van der Waals surface area contributed by atoms with E-state index in [1.807, 2.05) is 0 Å². The number of carbonyl (C=O) groups is 2. The zero-order chi connectivity index (χ0) is 18.7. The van der Waals surface area contributed by atoms with E-state index in [2.05, 4.69) is 15.3 Å². The van der Waals surface area contributed by atoms with Gasteiger partial charge in [-0.25, -0.2) is 4.98 Å². The van der Waals surface area contributed by atoms with Gasteiger partial charge in [0.1, 0.15) is 0 Å². The molecule has 0 aliphatic rings. The maximum absolute atomic E-state index is 12.0. The monoisotopic (exact) mass is 370 g/mol. The van der Waals surface area contributed by atoms with Crippen molar-refractivity contribution in [1.82, 2.24) is 9.97 Å². The summed E-state index contributed by atoms with van der Waals surface area (Å²) in [5.74, 6) is -0.142. The molecule has 2 aromatic carbocycles. The van der Waals surface area contributed by atoms with Crippen LogP contribution < -0.4 is 5.32 Å². The van der Waals surface area contributed by atoms with E-state index in [9.17, 15) is 19.7 Å². The average Bonchev–Trinajstić information content (AvgIpc) is 3.02. The summed E-state index contributed by atoms with van der Waals surface area (Å²) in [7, 11) is 0. The molecule has 0 atom stereocenters. The van der Waals surface area contributed by atoms with E-state index in [0.29, 0.717) is 27.4 Å². The third kappa shape index (κ3) is 4.06. The summed E-state index contributed by atoms with van der Waals surface area (Å²) in [6.07, 6.45) is 0. The number of H-pyrrole nitrogens is 1. The summed E-state index contributed by atoms with van der Waals surface area (Å²) in [5.41, 5.74) is 2.29. The lowest BCUT2D eigenvalue weighted by molar-refractivity contribution is -0.384. The standard InChI is InChI=1S/C17H14N4O4S/c1-10(22)11-2-4-12(5-3-11)18-16(23)9-26-17-19-14-7-6-13(21(24)25)8-15(14)20-17/h2-8H,9H2,1H3,(H,18,23)(H,19,20). The quantitative estimate of drug-likeness (QED) is 0.297. The molecule has 0 saturated heterocycles. The molecule has 0 radical (unpaired) electrons. The molecular formula is C17H14N4O4S. The average molecular weight is 370 g/mol. The highest BCUT2D eigenvalue weighted by Crippen LogP contribution is 2.23. The van der Waals surface area contributed by atoms with Crippen LogP contribution in [-0.2, 0) is 4.79 Å². The van der Waals surface area contributed by atoms with Gasteiger partial charge in [-0.05, 0) is 37.3 Å². The fourth-order valence-corrected chi connectivity index (χ4v) is 2.96. The van der Waals surface area contributed by atoms with Gasteiger partial charge < -0.3 is 10.3 Å². The molecule has 0 aliphatic carbocycles. The number of rotatable bonds is 6. The minimum atomic E-state index is -0.474. The van der Waals surface area contributed by atoms with E-state index < -0.39 is 4.92 Å². The highest BCUT2D eigenvalue weighted by molar-refractivity contribution is 7.99. The van der Waals surface area contributed by atoms with Crippen LogP contribution in [0.3, 0.4) is 0 Å². The van der Waals surface area contributed by atoms with Crippen LogP contribution in [0, 0.1) is 10.1 Å². The van der Waals surface area contributed by atoms with Gasteiger partial charge in [0.25, 0.3) is 5.69 Å². The van der Waals surface area contributed by atoms with Gasteiger partial charge in [-0.3, -0.25) is 19.7 Å². The lowest BCUT2D eigenvalue weighted by Gasteiger charge is -2.04. The van der Waals surface area contributed by atoms with Gasteiger partial charge in [-0.15, -0.1) is 0 Å². The number of anilines is 1. The number of non-ortho nitro benzene ring substituents is 1. The van der Waals surface area contributed by atoms with Gasteiger partial charge in [-0.1, -0.05) is 11.8 Å². The van der Waals surface area contributed by atoms with Gasteiger partial charge in [-0.2, -0.15) is 0 Å². The van der Waals surface area contributed by atoms with Crippen LogP contribution in [0.5, 0.6) is 0 Å². The van der Waals surface area contributed by atoms with E-state index in [4.69, 9.17) is 0 Å². The maximum atomic E-state index is 12.0. The number of imidazole rings is 1. The Bertz CT molecular complexity index is 998. The fraction of sp³-hybridized carbons (Fsp3) is 0.118. The minimum Gasteiger partial charge on any atom is -0.333 e. The molecule has 1 aromatic heterocycles. The first-order valence-corrected chi connectivity index (χ1v) is 8.59. The molecule has 2 N–H and O–H groups in total. The molecular weight excluding hydrogens is 356 g/mol. The van der Waals surface area contributed by atoms with Crippen LogP contribution in [0.1, 0.15) is 17.3 Å². The normalized spacial score (nSPS) is 10.7. The van der Waals surface area contributed by atoms with Crippen LogP contribution in [0.4, 0.5) is 11.4 Å². The number of Topliss-reactive ketones (excluding diaryl/α,β-unsaturated/α-hetero) is 1. The number of fused-ring (bicyclic) bond motifs is 1. The largest absolute Gasteiger partial charge is 0.333 e. The molecule has 9 heteroatoms. The molecule has 0 fully saturated rings. The van der Waals surface area contributed by atoms with Crippen molar-refractivity contribution < 1.29 is 14.5 Å². The molecule has 3 rings (SSSR count). The highest BCUT2D eigenvalue weighted by atomic mass is 32.2. The Kier molecular flexibility index (Phi) is 4.99. The Balaban J connectivity index is 1.61. The van der Waals surface area contributed by atoms with Gasteiger partial charge >= 0.3 is 0 Å². The van der Waals surface area contributed by atoms with Crippen molar-refractivity contribution in [2.24, 2.45) is 0 Å². The molecule has 1 amide bonds. The number of nitro groups is 1. The number of benzene rings is 2. The van der Waals surface area contributed by atoms with Crippen molar-refractivity contribution in [3.8, 4) is 0 Å². The minimum absolute atomic E-state index is 0.0237. The summed E-state index contributed by atoms with van der Waals surface area (Å²) in [6, 6.07) is 11.0. The first kappa shape index (κ1) is 17.6. The summed E-state index contributed by atoms with van der Waals surface area (Å²) in [4.78, 5) is 40.8. The maximum Gasteiger partial charge on any atom is 0.271 e. The van der Waals surface area contributed by atoms with Crippen LogP contribution in [0.2, 0.25) is 0 Å². The summed E-state index contributed by atoms with van der Waals surface area (Å²) >= 11 is 1.19. The zero-order valence-corrected chi connectivity index (χ0v) is 14.5. The number of thioether (sulfide) groups is 1. The topological polar surface area (TPSA) is 118 Å². The number of aromatic amines is 1. The second-order valence-corrected chi connectivity index (χ2v) is 6.43. The molecule has 1 heterocycles. The third-order valence-corrected chi connectivity index (χ3v) is 4.44. The van der Waals surface area contributed by atoms with E-state index in [0.717, 1.165) is 0 Å². The van der Waals surface area contributed by atoms with Crippen molar-refractivity contribution in [3.05, 3.63) is 58.1 Å². The van der Waals surface area contributed by atoms with Crippen LogP contribution >= 0.6 is 11.8 Å². The summed E-state index contributed by atoms with van der Waals surface area (Å²) < 4.78 is 0. The van der Waals surface area contributed by atoms with Gasteiger partial charge in [0.05, 0.1) is 21.7 Å². The second-order valence-electron chi connectivity index (χ2n) is 5.47. The Hall–Kier alpha value is -3.20. The molecule has 26 heavy (non-hydrogen) atoms.